The van der Waals surface area contributed by atoms with Gasteiger partial charge in [0.2, 0.25) is 5.91 Å². The van der Waals surface area contributed by atoms with E-state index in [-0.39, 0.29) is 11.7 Å². The van der Waals surface area contributed by atoms with Crippen molar-refractivity contribution >= 4 is 17.7 Å². The van der Waals surface area contributed by atoms with Crippen LogP contribution in [0.3, 0.4) is 0 Å². The van der Waals surface area contributed by atoms with Crippen LogP contribution in [0, 0.1) is 17.7 Å². The van der Waals surface area contributed by atoms with Gasteiger partial charge in [-0.05, 0) is 49.7 Å². The van der Waals surface area contributed by atoms with Gasteiger partial charge in [-0.2, -0.15) is 0 Å². The van der Waals surface area contributed by atoms with Crippen molar-refractivity contribution in [2.75, 3.05) is 18.8 Å². The highest BCUT2D eigenvalue weighted by Crippen LogP contribution is 2.41. The van der Waals surface area contributed by atoms with Gasteiger partial charge in [-0.1, -0.05) is 43.2 Å². The molecule has 5 rings (SSSR count). The number of piperidine rings is 1. The van der Waals surface area contributed by atoms with E-state index < -0.39 is 0 Å². The maximum absolute atomic E-state index is 14.3. The molecule has 2 aromatic rings. The smallest absolute Gasteiger partial charge is 0.233 e. The monoisotopic (exact) mass is 414 g/mol. The van der Waals surface area contributed by atoms with Gasteiger partial charge >= 0.3 is 0 Å². The first-order valence-corrected chi connectivity index (χ1v) is 11.8. The van der Waals surface area contributed by atoms with E-state index >= 15 is 0 Å². The molecule has 0 unspecified atom stereocenters. The van der Waals surface area contributed by atoms with E-state index in [1.54, 1.807) is 12.1 Å². The van der Waals surface area contributed by atoms with E-state index in [0.717, 1.165) is 43.4 Å². The van der Waals surface area contributed by atoms with Crippen LogP contribution < -0.4 is 0 Å². The zero-order valence-electron chi connectivity index (χ0n) is 16.6. The molecule has 2 atom stereocenters. The summed E-state index contributed by atoms with van der Waals surface area (Å²) in [5.41, 5.74) is 0.476. The summed E-state index contributed by atoms with van der Waals surface area (Å²) in [6.07, 6.45) is 8.52. The molecular weight excluding hydrogens is 387 g/mol. The molecule has 2 heterocycles. The van der Waals surface area contributed by atoms with Gasteiger partial charge < -0.3 is 4.90 Å². The fourth-order valence-corrected chi connectivity index (χ4v) is 5.82. The molecule has 154 valence electrons. The van der Waals surface area contributed by atoms with Gasteiger partial charge in [-0.3, -0.25) is 9.36 Å². The van der Waals surface area contributed by atoms with Gasteiger partial charge in [-0.15, -0.1) is 10.2 Å². The van der Waals surface area contributed by atoms with Gasteiger partial charge in [0.05, 0.1) is 11.3 Å². The number of amides is 1. The average Bonchev–Trinajstić information content (AvgIpc) is 3.51. The van der Waals surface area contributed by atoms with E-state index in [1.165, 1.54) is 43.5 Å². The van der Waals surface area contributed by atoms with Crippen LogP contribution in [0.2, 0.25) is 0 Å². The van der Waals surface area contributed by atoms with Crippen LogP contribution in [0.25, 0.3) is 11.4 Å². The van der Waals surface area contributed by atoms with Gasteiger partial charge in [0, 0.05) is 19.1 Å². The Morgan fingerprint density at radius 2 is 1.86 bits per heavy atom. The Morgan fingerprint density at radius 1 is 1.07 bits per heavy atom. The molecule has 7 heteroatoms. The maximum atomic E-state index is 14.3. The number of nitrogens with zero attached hydrogens (tertiary/aromatic N) is 4. The molecule has 0 spiro atoms. The van der Waals surface area contributed by atoms with Crippen molar-refractivity contribution in [3.05, 3.63) is 30.1 Å². The molecule has 0 N–H and O–H groups in total. The fourth-order valence-electron chi connectivity index (χ4n) is 4.91. The number of halogens is 1. The topological polar surface area (TPSA) is 51.0 Å². The zero-order valence-corrected chi connectivity index (χ0v) is 17.4. The summed E-state index contributed by atoms with van der Waals surface area (Å²) in [7, 11) is 0. The zero-order chi connectivity index (χ0) is 19.8. The molecule has 0 bridgehead atoms. The standard InChI is InChI=1S/C22H27FN4OS/c23-19-8-4-3-7-18(19)21-24-25-22(27(21)17-9-10-17)29-14-20(28)26-12-11-15-5-1-2-6-16(15)13-26/h3-4,7-8,15-17H,1-2,5-6,9-14H2/t15-,16+/m1/s1. The van der Waals surface area contributed by atoms with E-state index in [0.29, 0.717) is 29.1 Å². The van der Waals surface area contributed by atoms with E-state index in [4.69, 9.17) is 0 Å². The second-order valence-corrected chi connectivity index (χ2v) is 9.55. The quantitative estimate of drug-likeness (QED) is 0.674. The summed E-state index contributed by atoms with van der Waals surface area (Å²) >= 11 is 1.44. The van der Waals surface area contributed by atoms with Crippen LogP contribution in [0.4, 0.5) is 4.39 Å². The molecule has 0 radical (unpaired) electrons. The van der Waals surface area contributed by atoms with Crippen LogP contribution >= 0.6 is 11.8 Å². The molecule has 5 nitrogen and oxygen atoms in total. The predicted octanol–water partition coefficient (Wildman–Crippen LogP) is 4.55. The lowest BCUT2D eigenvalue weighted by molar-refractivity contribution is -0.131. The first-order chi connectivity index (χ1) is 14.2. The van der Waals surface area contributed by atoms with Gasteiger partial charge in [0.1, 0.15) is 5.82 Å². The van der Waals surface area contributed by atoms with Crippen LogP contribution in [0.1, 0.15) is 51.0 Å². The number of hydrogen-bond acceptors (Lipinski definition) is 4. The summed E-state index contributed by atoms with van der Waals surface area (Å²) in [5.74, 6) is 2.36. The highest BCUT2D eigenvalue weighted by molar-refractivity contribution is 7.99. The second kappa shape index (κ2) is 8.09. The van der Waals surface area contributed by atoms with Crippen LogP contribution in [0.15, 0.2) is 29.4 Å². The van der Waals surface area contributed by atoms with E-state index in [2.05, 4.69) is 15.1 Å². The number of carbonyl (C=O) groups is 1. The Balaban J connectivity index is 1.28. The molecule has 1 saturated heterocycles. The Hall–Kier alpha value is -1.89. The molecule has 3 aliphatic rings. The summed E-state index contributed by atoms with van der Waals surface area (Å²) in [6, 6.07) is 7.00. The molecule has 2 saturated carbocycles. The molecule has 1 aromatic heterocycles. The summed E-state index contributed by atoms with van der Waals surface area (Å²) in [6.45, 7) is 1.80. The molecule has 1 aromatic carbocycles. The lowest BCUT2D eigenvalue weighted by Crippen LogP contribution is -2.45. The maximum Gasteiger partial charge on any atom is 0.233 e. The first kappa shape index (κ1) is 19.1. The highest BCUT2D eigenvalue weighted by atomic mass is 32.2. The summed E-state index contributed by atoms with van der Waals surface area (Å²) in [5, 5.41) is 9.32. The number of thioether (sulfide) groups is 1. The number of fused-ring (bicyclic) bond motifs is 1. The summed E-state index contributed by atoms with van der Waals surface area (Å²) < 4.78 is 16.3. The van der Waals surface area contributed by atoms with E-state index in [1.807, 2.05) is 10.6 Å². The average molecular weight is 415 g/mol. The number of aromatic nitrogens is 3. The van der Waals surface area contributed by atoms with Gasteiger partial charge in [0.15, 0.2) is 11.0 Å². The molecule has 1 amide bonds. The molecule has 29 heavy (non-hydrogen) atoms. The lowest BCUT2D eigenvalue weighted by atomic mass is 9.75. The van der Waals surface area contributed by atoms with Crippen molar-refractivity contribution in [2.24, 2.45) is 11.8 Å². The Labute approximate surface area is 175 Å². The minimum Gasteiger partial charge on any atom is -0.342 e. The van der Waals surface area contributed by atoms with Crippen molar-refractivity contribution in [1.29, 1.82) is 0 Å². The van der Waals surface area contributed by atoms with E-state index in [9.17, 15) is 9.18 Å². The molecule has 3 fully saturated rings. The third-order valence-electron chi connectivity index (χ3n) is 6.66. The number of rotatable bonds is 5. The number of carbonyl (C=O) groups excluding carboxylic acids is 1. The fraction of sp³-hybridized carbons (Fsp3) is 0.591. The Kier molecular flexibility index (Phi) is 5.33. The third kappa shape index (κ3) is 3.93. The Bertz CT molecular complexity index is 897. The van der Waals surface area contributed by atoms with Crippen molar-refractivity contribution in [3.8, 4) is 11.4 Å². The minimum absolute atomic E-state index is 0.191. The Morgan fingerprint density at radius 3 is 2.66 bits per heavy atom. The van der Waals surface area contributed by atoms with Gasteiger partial charge in [0.25, 0.3) is 0 Å². The molecule has 2 aliphatic carbocycles. The molecule has 1 aliphatic heterocycles. The van der Waals surface area contributed by atoms with Crippen LogP contribution in [-0.4, -0.2) is 44.4 Å². The van der Waals surface area contributed by atoms with Crippen molar-refractivity contribution in [3.63, 3.8) is 0 Å². The third-order valence-corrected chi connectivity index (χ3v) is 7.59. The SMILES string of the molecule is O=C(CSc1nnc(-c2ccccc2F)n1C1CC1)N1CC[C@H]2CCCC[C@H]2C1. The summed E-state index contributed by atoms with van der Waals surface area (Å²) in [4.78, 5) is 14.9. The van der Waals surface area contributed by atoms with Gasteiger partial charge in [-0.25, -0.2) is 4.39 Å². The normalized spacial score (nSPS) is 24.4. The first-order valence-electron chi connectivity index (χ1n) is 10.8. The lowest BCUT2D eigenvalue weighted by Gasteiger charge is -2.41. The molecular formula is C22H27FN4OS. The van der Waals surface area contributed by atoms with Crippen molar-refractivity contribution in [2.45, 2.75) is 56.1 Å². The highest BCUT2D eigenvalue weighted by Gasteiger charge is 2.34. The van der Waals surface area contributed by atoms with Crippen molar-refractivity contribution < 1.29 is 9.18 Å². The number of hydrogen-bond donors (Lipinski definition) is 0. The predicted molar refractivity (Wildman–Crippen MR) is 111 cm³/mol. The number of benzene rings is 1. The van der Waals surface area contributed by atoms with Crippen molar-refractivity contribution in [1.82, 2.24) is 19.7 Å². The van der Waals surface area contributed by atoms with Crippen LogP contribution in [0.5, 0.6) is 0 Å². The second-order valence-electron chi connectivity index (χ2n) is 8.61. The minimum atomic E-state index is -0.287. The van der Waals surface area contributed by atoms with Crippen LogP contribution in [-0.2, 0) is 4.79 Å². The number of likely N-dealkylation sites (tertiary alicyclic amines) is 1. The largest absolute Gasteiger partial charge is 0.342 e.